The molecule has 1 atom stereocenters. The van der Waals surface area contributed by atoms with Gasteiger partial charge in [-0.2, -0.15) is 0 Å². The highest BCUT2D eigenvalue weighted by Crippen LogP contribution is 2.24. The van der Waals surface area contributed by atoms with E-state index in [1.54, 1.807) is 13.8 Å². The van der Waals surface area contributed by atoms with Gasteiger partial charge in [0.05, 0.1) is 10.9 Å². The number of hydrogen-bond acceptors (Lipinski definition) is 3. The minimum absolute atomic E-state index is 0.576. The van der Waals surface area contributed by atoms with Crippen molar-refractivity contribution in [2.24, 2.45) is 0 Å². The summed E-state index contributed by atoms with van der Waals surface area (Å²) in [5, 5.41) is 9.94. The average molecular weight is 264 g/mol. The maximum absolute atomic E-state index is 11.5. The summed E-state index contributed by atoms with van der Waals surface area (Å²) < 4.78 is 22.0. The Balaban J connectivity index is 3.91. The molecule has 0 aliphatic rings. The third-order valence-electron chi connectivity index (χ3n) is 3.59. The quantitative estimate of drug-likeness (QED) is 0.651. The topological polar surface area (TPSA) is 54.4 Å². The molecule has 104 valence electrons. The van der Waals surface area contributed by atoms with E-state index in [-0.39, 0.29) is 0 Å². The van der Waals surface area contributed by atoms with Crippen molar-refractivity contribution in [3.8, 4) is 0 Å². The standard InChI is InChI=1S/C13H28O3S/c1-5-6-7-8-9-10-11-12(14)13(2,3)17(4,15)16/h12,14H,5-11H2,1-4H3. The fraction of sp³-hybridized carbons (Fsp3) is 1.00. The molecule has 1 unspecified atom stereocenters. The lowest BCUT2D eigenvalue weighted by Crippen LogP contribution is -2.43. The Morgan fingerprint density at radius 3 is 2.00 bits per heavy atom. The van der Waals surface area contributed by atoms with Gasteiger partial charge in [0.25, 0.3) is 0 Å². The normalized spacial score (nSPS) is 14.9. The summed E-state index contributed by atoms with van der Waals surface area (Å²) >= 11 is 0. The molecule has 4 heteroatoms. The first-order valence-corrected chi connectivity index (χ1v) is 8.50. The fourth-order valence-electron chi connectivity index (χ4n) is 1.71. The first-order valence-electron chi connectivity index (χ1n) is 6.61. The number of hydrogen-bond donors (Lipinski definition) is 1. The molecule has 0 heterocycles. The Bertz CT molecular complexity index is 294. The maximum Gasteiger partial charge on any atom is 0.155 e. The second-order valence-corrected chi connectivity index (χ2v) is 8.04. The van der Waals surface area contributed by atoms with Gasteiger partial charge in [0.2, 0.25) is 0 Å². The van der Waals surface area contributed by atoms with Gasteiger partial charge in [0, 0.05) is 6.26 Å². The van der Waals surface area contributed by atoms with E-state index in [9.17, 15) is 13.5 Å². The van der Waals surface area contributed by atoms with Crippen molar-refractivity contribution >= 4 is 9.84 Å². The molecule has 0 radical (unpaired) electrons. The van der Waals surface area contributed by atoms with Gasteiger partial charge in [-0.15, -0.1) is 0 Å². The van der Waals surface area contributed by atoms with Crippen LogP contribution in [0.25, 0.3) is 0 Å². The molecule has 3 nitrogen and oxygen atoms in total. The van der Waals surface area contributed by atoms with Crippen LogP contribution < -0.4 is 0 Å². The molecule has 0 aromatic rings. The van der Waals surface area contributed by atoms with E-state index in [2.05, 4.69) is 6.92 Å². The summed E-state index contributed by atoms with van der Waals surface area (Å²) in [6.45, 7) is 5.38. The molecule has 1 N–H and O–H groups in total. The monoisotopic (exact) mass is 264 g/mol. The minimum Gasteiger partial charge on any atom is -0.392 e. The van der Waals surface area contributed by atoms with Gasteiger partial charge in [0.15, 0.2) is 9.84 Å². The van der Waals surface area contributed by atoms with Crippen LogP contribution in [0.2, 0.25) is 0 Å². The lowest BCUT2D eigenvalue weighted by molar-refractivity contribution is 0.125. The average Bonchev–Trinajstić information content (AvgIpc) is 2.21. The van der Waals surface area contributed by atoms with Crippen molar-refractivity contribution in [3.05, 3.63) is 0 Å². The lowest BCUT2D eigenvalue weighted by atomic mass is 9.99. The maximum atomic E-state index is 11.5. The number of aliphatic hydroxyl groups excluding tert-OH is 1. The van der Waals surface area contributed by atoms with Gasteiger partial charge < -0.3 is 5.11 Å². The van der Waals surface area contributed by atoms with E-state index in [0.29, 0.717) is 6.42 Å². The third kappa shape index (κ3) is 5.87. The largest absolute Gasteiger partial charge is 0.392 e. The zero-order valence-electron chi connectivity index (χ0n) is 11.7. The van der Waals surface area contributed by atoms with Crippen LogP contribution in [-0.2, 0) is 9.84 Å². The van der Waals surface area contributed by atoms with Crippen molar-refractivity contribution in [3.63, 3.8) is 0 Å². The van der Waals surface area contributed by atoms with Gasteiger partial charge in [-0.25, -0.2) is 8.42 Å². The molecular formula is C13H28O3S. The van der Waals surface area contributed by atoms with E-state index in [0.717, 1.165) is 12.8 Å². The minimum atomic E-state index is -3.20. The highest BCUT2D eigenvalue weighted by molar-refractivity contribution is 7.92. The van der Waals surface area contributed by atoms with E-state index < -0.39 is 20.7 Å². The molecule has 0 aromatic heterocycles. The van der Waals surface area contributed by atoms with Crippen LogP contribution in [-0.4, -0.2) is 30.6 Å². The van der Waals surface area contributed by atoms with Crippen LogP contribution >= 0.6 is 0 Å². The van der Waals surface area contributed by atoms with Crippen LogP contribution in [0.4, 0.5) is 0 Å². The number of aliphatic hydroxyl groups is 1. The van der Waals surface area contributed by atoms with E-state index in [1.807, 2.05) is 0 Å². The predicted molar refractivity (Wildman–Crippen MR) is 72.9 cm³/mol. The molecule has 0 saturated carbocycles. The zero-order valence-corrected chi connectivity index (χ0v) is 12.5. The second kappa shape index (κ2) is 7.37. The summed E-state index contributed by atoms with van der Waals surface area (Å²) in [5.41, 5.74) is 0. The molecule has 0 aliphatic carbocycles. The first kappa shape index (κ1) is 16.9. The molecule has 0 amide bonds. The fourth-order valence-corrected chi connectivity index (χ4v) is 2.32. The van der Waals surface area contributed by atoms with Crippen LogP contribution in [0.15, 0.2) is 0 Å². The number of rotatable bonds is 9. The van der Waals surface area contributed by atoms with E-state index >= 15 is 0 Å². The van der Waals surface area contributed by atoms with Crippen molar-refractivity contribution in [1.29, 1.82) is 0 Å². The van der Waals surface area contributed by atoms with Crippen molar-refractivity contribution in [1.82, 2.24) is 0 Å². The third-order valence-corrected chi connectivity index (χ3v) is 5.77. The van der Waals surface area contributed by atoms with E-state index in [4.69, 9.17) is 0 Å². The molecule has 0 fully saturated rings. The van der Waals surface area contributed by atoms with Crippen LogP contribution in [0.5, 0.6) is 0 Å². The van der Waals surface area contributed by atoms with Crippen molar-refractivity contribution in [2.75, 3.05) is 6.26 Å². The Labute approximate surface area is 107 Å². The van der Waals surface area contributed by atoms with Crippen LogP contribution in [0, 0.1) is 0 Å². The highest BCUT2D eigenvalue weighted by atomic mass is 32.2. The Morgan fingerprint density at radius 2 is 1.53 bits per heavy atom. The molecule has 0 aliphatic heterocycles. The van der Waals surface area contributed by atoms with Gasteiger partial charge in [-0.05, 0) is 20.3 Å². The van der Waals surface area contributed by atoms with Crippen molar-refractivity contribution in [2.45, 2.75) is 76.6 Å². The Kier molecular flexibility index (Phi) is 7.33. The lowest BCUT2D eigenvalue weighted by Gasteiger charge is -2.28. The van der Waals surface area contributed by atoms with Gasteiger partial charge in [-0.3, -0.25) is 0 Å². The summed E-state index contributed by atoms with van der Waals surface area (Å²) in [7, 11) is -3.20. The zero-order chi connectivity index (χ0) is 13.5. The molecular weight excluding hydrogens is 236 g/mol. The van der Waals surface area contributed by atoms with Crippen LogP contribution in [0.1, 0.15) is 65.7 Å². The van der Waals surface area contributed by atoms with Gasteiger partial charge in [0.1, 0.15) is 0 Å². The van der Waals surface area contributed by atoms with Gasteiger partial charge >= 0.3 is 0 Å². The Morgan fingerprint density at radius 1 is 1.06 bits per heavy atom. The highest BCUT2D eigenvalue weighted by Gasteiger charge is 2.37. The number of unbranched alkanes of at least 4 members (excludes halogenated alkanes) is 5. The molecule has 0 aromatic carbocycles. The molecule has 0 spiro atoms. The smallest absolute Gasteiger partial charge is 0.155 e. The van der Waals surface area contributed by atoms with Gasteiger partial charge in [-0.1, -0.05) is 45.4 Å². The second-order valence-electron chi connectivity index (χ2n) is 5.45. The SMILES string of the molecule is CCCCCCCCC(O)C(C)(C)S(C)(=O)=O. The molecule has 0 saturated heterocycles. The summed E-state index contributed by atoms with van der Waals surface area (Å²) in [6, 6.07) is 0. The number of sulfone groups is 1. The Hall–Kier alpha value is -0.0900. The summed E-state index contributed by atoms with van der Waals surface area (Å²) in [6.07, 6.45) is 7.90. The van der Waals surface area contributed by atoms with Crippen LogP contribution in [0.3, 0.4) is 0 Å². The van der Waals surface area contributed by atoms with E-state index in [1.165, 1.54) is 31.9 Å². The molecule has 0 rings (SSSR count). The summed E-state index contributed by atoms with van der Waals surface area (Å²) in [4.78, 5) is 0. The first-order chi connectivity index (χ1) is 7.73. The summed E-state index contributed by atoms with van der Waals surface area (Å²) in [5.74, 6) is 0. The molecule has 0 bridgehead atoms. The van der Waals surface area contributed by atoms with Crippen molar-refractivity contribution < 1.29 is 13.5 Å². The molecule has 17 heavy (non-hydrogen) atoms. The predicted octanol–water partition coefficient (Wildman–Crippen LogP) is 2.92.